The highest BCUT2D eigenvalue weighted by Crippen LogP contribution is 2.64. The van der Waals surface area contributed by atoms with Crippen molar-refractivity contribution >= 4 is 11.7 Å². The summed E-state index contributed by atoms with van der Waals surface area (Å²) in [5.74, 6) is 3.70. The average molecular weight is 453 g/mol. The van der Waals surface area contributed by atoms with Gasteiger partial charge in [-0.25, -0.2) is 4.98 Å². The Morgan fingerprint density at radius 2 is 2.00 bits per heavy atom. The van der Waals surface area contributed by atoms with E-state index < -0.39 is 5.60 Å². The SMILES string of the molecule is COCC1(O)CCC2C(CCC3C2CCC2(C)C(C(=O)Nc4cncc(C#N)n4)CCC32)C1. The van der Waals surface area contributed by atoms with E-state index in [1.807, 2.05) is 6.07 Å². The van der Waals surface area contributed by atoms with Gasteiger partial charge in [-0.3, -0.25) is 9.78 Å². The maximum Gasteiger partial charge on any atom is 0.229 e. The number of rotatable bonds is 4. The number of anilines is 1. The number of nitrogens with one attached hydrogen (secondary N) is 1. The third-order valence-corrected chi connectivity index (χ3v) is 9.83. The minimum absolute atomic E-state index is 0.0177. The van der Waals surface area contributed by atoms with Gasteiger partial charge in [0, 0.05) is 13.0 Å². The summed E-state index contributed by atoms with van der Waals surface area (Å²) in [5.41, 5.74) is -0.414. The summed E-state index contributed by atoms with van der Waals surface area (Å²) in [7, 11) is 1.68. The highest BCUT2D eigenvalue weighted by atomic mass is 16.5. The molecule has 33 heavy (non-hydrogen) atoms. The second kappa shape index (κ2) is 8.63. The maximum absolute atomic E-state index is 13.3. The zero-order valence-corrected chi connectivity index (χ0v) is 19.8. The molecular weight excluding hydrogens is 416 g/mol. The summed E-state index contributed by atoms with van der Waals surface area (Å²) in [6.45, 7) is 2.79. The van der Waals surface area contributed by atoms with Crippen molar-refractivity contribution < 1.29 is 14.6 Å². The Hall–Kier alpha value is -2.04. The van der Waals surface area contributed by atoms with Crippen LogP contribution >= 0.6 is 0 Å². The van der Waals surface area contributed by atoms with Crippen molar-refractivity contribution in [1.29, 1.82) is 5.26 Å². The van der Waals surface area contributed by atoms with E-state index in [0.717, 1.165) is 44.4 Å². The first-order valence-electron chi connectivity index (χ1n) is 12.6. The number of hydrogen-bond acceptors (Lipinski definition) is 6. The van der Waals surface area contributed by atoms with Crippen molar-refractivity contribution in [2.75, 3.05) is 19.0 Å². The fourth-order valence-electron chi connectivity index (χ4n) is 8.49. The Balaban J connectivity index is 1.28. The van der Waals surface area contributed by atoms with E-state index >= 15 is 0 Å². The molecule has 1 amide bonds. The van der Waals surface area contributed by atoms with Gasteiger partial charge in [-0.2, -0.15) is 5.26 Å². The molecule has 0 spiro atoms. The summed E-state index contributed by atoms with van der Waals surface area (Å²) < 4.78 is 5.32. The van der Waals surface area contributed by atoms with Crippen LogP contribution in [-0.2, 0) is 9.53 Å². The molecule has 4 aliphatic rings. The minimum atomic E-state index is -0.645. The van der Waals surface area contributed by atoms with Gasteiger partial charge in [0.05, 0.1) is 24.6 Å². The Kier molecular flexibility index (Phi) is 5.95. The van der Waals surface area contributed by atoms with E-state index in [4.69, 9.17) is 10.00 Å². The van der Waals surface area contributed by atoms with Crippen molar-refractivity contribution in [1.82, 2.24) is 9.97 Å². The molecule has 4 fully saturated rings. The van der Waals surface area contributed by atoms with Gasteiger partial charge in [0.2, 0.25) is 5.91 Å². The standard InChI is InChI=1S/C26H36N4O3/c1-25-9-7-19-18-8-10-26(32,15-33-2)11-16(18)3-4-20(19)21(25)5-6-22(25)24(31)30-23-14-28-13-17(12-27)29-23/h13-14,16,18-22,32H,3-11,15H2,1-2H3,(H,29,30,31). The van der Waals surface area contributed by atoms with Crippen LogP contribution in [0.2, 0.25) is 0 Å². The third-order valence-electron chi connectivity index (χ3n) is 9.83. The second-order valence-electron chi connectivity index (χ2n) is 11.4. The molecule has 8 atom stereocenters. The fraction of sp³-hybridized carbons (Fsp3) is 0.769. The van der Waals surface area contributed by atoms with Gasteiger partial charge >= 0.3 is 0 Å². The molecule has 4 saturated carbocycles. The van der Waals surface area contributed by atoms with Crippen LogP contribution in [0.25, 0.3) is 0 Å². The zero-order chi connectivity index (χ0) is 23.2. The number of methoxy groups -OCH3 is 1. The van der Waals surface area contributed by atoms with Gasteiger partial charge < -0.3 is 15.2 Å². The predicted octanol–water partition coefficient (Wildman–Crippen LogP) is 3.93. The van der Waals surface area contributed by atoms with Crippen LogP contribution in [0.15, 0.2) is 12.4 Å². The lowest BCUT2D eigenvalue weighted by atomic mass is 9.49. The summed E-state index contributed by atoms with van der Waals surface area (Å²) >= 11 is 0. The first-order chi connectivity index (χ1) is 15.9. The number of aromatic nitrogens is 2. The molecule has 1 aromatic rings. The summed E-state index contributed by atoms with van der Waals surface area (Å²) in [4.78, 5) is 21.5. The lowest BCUT2D eigenvalue weighted by Gasteiger charge is -2.57. The van der Waals surface area contributed by atoms with E-state index in [1.54, 1.807) is 7.11 Å². The molecule has 1 aromatic heterocycles. The van der Waals surface area contributed by atoms with E-state index in [2.05, 4.69) is 22.2 Å². The van der Waals surface area contributed by atoms with Crippen molar-refractivity contribution in [3.05, 3.63) is 18.1 Å². The van der Waals surface area contributed by atoms with Gasteiger partial charge in [0.15, 0.2) is 11.5 Å². The Bertz CT molecular complexity index is 948. The molecule has 7 heteroatoms. The van der Waals surface area contributed by atoms with Crippen LogP contribution in [0, 0.1) is 52.3 Å². The monoisotopic (exact) mass is 452 g/mol. The fourth-order valence-corrected chi connectivity index (χ4v) is 8.49. The van der Waals surface area contributed by atoms with Gasteiger partial charge in [-0.15, -0.1) is 0 Å². The van der Waals surface area contributed by atoms with Crippen molar-refractivity contribution in [3.63, 3.8) is 0 Å². The Morgan fingerprint density at radius 3 is 2.79 bits per heavy atom. The highest BCUT2D eigenvalue weighted by Gasteiger charge is 2.59. The number of nitrogens with zero attached hydrogens (tertiary/aromatic N) is 3. The lowest BCUT2D eigenvalue weighted by Crippen LogP contribution is -2.52. The predicted molar refractivity (Wildman–Crippen MR) is 123 cm³/mol. The molecule has 0 radical (unpaired) electrons. The van der Waals surface area contributed by atoms with Gasteiger partial charge in [0.1, 0.15) is 6.07 Å². The van der Waals surface area contributed by atoms with E-state index in [-0.39, 0.29) is 22.9 Å². The first kappa shape index (κ1) is 22.7. The largest absolute Gasteiger partial charge is 0.387 e. The van der Waals surface area contributed by atoms with Crippen molar-refractivity contribution in [3.8, 4) is 6.07 Å². The second-order valence-corrected chi connectivity index (χ2v) is 11.4. The van der Waals surface area contributed by atoms with Gasteiger partial charge in [-0.1, -0.05) is 6.92 Å². The summed E-state index contributed by atoms with van der Waals surface area (Å²) in [6, 6.07) is 1.98. The number of carbonyl (C=O) groups excluding carboxylic acids is 1. The van der Waals surface area contributed by atoms with Gasteiger partial charge in [-0.05, 0) is 92.8 Å². The molecule has 0 aliphatic heterocycles. The lowest BCUT2D eigenvalue weighted by molar-refractivity contribution is -0.134. The van der Waals surface area contributed by atoms with Crippen LogP contribution in [0.4, 0.5) is 5.82 Å². The van der Waals surface area contributed by atoms with Crippen molar-refractivity contribution in [2.24, 2.45) is 40.9 Å². The van der Waals surface area contributed by atoms with Crippen LogP contribution in [0.3, 0.4) is 0 Å². The highest BCUT2D eigenvalue weighted by molar-refractivity contribution is 5.92. The molecule has 1 heterocycles. The maximum atomic E-state index is 13.3. The molecule has 0 bridgehead atoms. The molecule has 2 N–H and O–H groups in total. The molecule has 178 valence electrons. The van der Waals surface area contributed by atoms with E-state index in [1.165, 1.54) is 31.7 Å². The molecule has 0 aromatic carbocycles. The van der Waals surface area contributed by atoms with E-state index in [0.29, 0.717) is 36.1 Å². The van der Waals surface area contributed by atoms with Crippen LogP contribution in [-0.4, -0.2) is 40.3 Å². The molecule has 8 unspecified atom stereocenters. The van der Waals surface area contributed by atoms with Crippen LogP contribution in [0.5, 0.6) is 0 Å². The van der Waals surface area contributed by atoms with Crippen molar-refractivity contribution in [2.45, 2.75) is 70.3 Å². The number of aliphatic hydroxyl groups is 1. The Morgan fingerprint density at radius 1 is 1.18 bits per heavy atom. The van der Waals surface area contributed by atoms with Crippen LogP contribution < -0.4 is 5.32 Å². The number of hydrogen-bond donors (Lipinski definition) is 2. The molecule has 4 aliphatic carbocycles. The zero-order valence-electron chi connectivity index (χ0n) is 19.8. The number of fused-ring (bicyclic) bond motifs is 5. The smallest absolute Gasteiger partial charge is 0.229 e. The average Bonchev–Trinajstić information content (AvgIpc) is 3.16. The minimum Gasteiger partial charge on any atom is -0.387 e. The molecule has 0 saturated heterocycles. The number of nitriles is 1. The molecule has 5 rings (SSSR count). The number of amides is 1. The normalized spacial score (nSPS) is 41.9. The molecular formula is C26H36N4O3. The Labute approximate surface area is 196 Å². The molecule has 7 nitrogen and oxygen atoms in total. The summed E-state index contributed by atoms with van der Waals surface area (Å²) in [5, 5.41) is 23.0. The topological polar surface area (TPSA) is 108 Å². The number of carbonyl (C=O) groups is 1. The first-order valence-corrected chi connectivity index (χ1v) is 12.6. The van der Waals surface area contributed by atoms with Crippen LogP contribution in [0.1, 0.15) is 70.4 Å². The quantitative estimate of drug-likeness (QED) is 0.716. The van der Waals surface area contributed by atoms with Gasteiger partial charge in [0.25, 0.3) is 0 Å². The van der Waals surface area contributed by atoms with E-state index in [9.17, 15) is 9.90 Å². The number of ether oxygens (including phenoxy) is 1. The summed E-state index contributed by atoms with van der Waals surface area (Å²) in [6.07, 6.45) is 12.5. The third kappa shape index (κ3) is 3.95.